The van der Waals surface area contributed by atoms with Crippen molar-refractivity contribution in [3.63, 3.8) is 0 Å². The summed E-state index contributed by atoms with van der Waals surface area (Å²) in [6.07, 6.45) is 0. The number of nitrogens with zero attached hydrogens (tertiary/aromatic N) is 2. The third-order valence-corrected chi connectivity index (χ3v) is 5.51. The van der Waals surface area contributed by atoms with Crippen LogP contribution >= 0.6 is 34.5 Å². The number of ketones is 1. The van der Waals surface area contributed by atoms with Gasteiger partial charge in [-0.1, -0.05) is 34.4 Å². The average molecular weight is 421 g/mol. The maximum absolute atomic E-state index is 12.8. The summed E-state index contributed by atoms with van der Waals surface area (Å²) in [4.78, 5) is 13.0. The highest BCUT2D eigenvalue weighted by molar-refractivity contribution is 7.19. The molecule has 1 aromatic carbocycles. The van der Waals surface area contributed by atoms with Gasteiger partial charge in [-0.15, -0.1) is 11.3 Å². The number of carbonyl (C=O) groups is 1. The Labute approximate surface area is 169 Å². The van der Waals surface area contributed by atoms with Crippen LogP contribution in [0.25, 0.3) is 11.3 Å². The van der Waals surface area contributed by atoms with E-state index in [9.17, 15) is 10.1 Å². The Morgan fingerprint density at radius 3 is 2.70 bits per heavy atom. The fraction of sp³-hybridized carbons (Fsp3) is 0.167. The van der Waals surface area contributed by atoms with Gasteiger partial charge in [-0.3, -0.25) is 4.79 Å². The first-order chi connectivity index (χ1) is 12.8. The summed E-state index contributed by atoms with van der Waals surface area (Å²) in [5.74, 6) is -0.422. The van der Waals surface area contributed by atoms with Crippen molar-refractivity contribution >= 4 is 51.0 Å². The van der Waals surface area contributed by atoms with Crippen LogP contribution in [-0.4, -0.2) is 17.0 Å². The van der Waals surface area contributed by atoms with E-state index in [0.29, 0.717) is 26.3 Å². The molecule has 9 heteroatoms. The number of carbonyl (C=O) groups excluding carboxylic acids is 1. The monoisotopic (exact) mass is 420 g/mol. The Balaban J connectivity index is 1.95. The Hall–Kier alpha value is -2.53. The zero-order valence-corrected chi connectivity index (χ0v) is 16.7. The van der Waals surface area contributed by atoms with Crippen LogP contribution in [0.2, 0.25) is 10.0 Å². The molecule has 0 amide bonds. The molecule has 0 aliphatic heterocycles. The van der Waals surface area contributed by atoms with Crippen molar-refractivity contribution in [2.45, 2.75) is 19.9 Å². The molecule has 2 heterocycles. The number of nitrogens with two attached hydrogens (primary N) is 1. The number of rotatable bonds is 5. The van der Waals surface area contributed by atoms with Gasteiger partial charge in [0.1, 0.15) is 27.2 Å². The molecule has 3 N–H and O–H groups in total. The first-order valence-electron chi connectivity index (χ1n) is 7.87. The van der Waals surface area contributed by atoms with Crippen molar-refractivity contribution in [2.75, 3.05) is 11.1 Å². The summed E-state index contributed by atoms with van der Waals surface area (Å²) >= 11 is 13.0. The van der Waals surface area contributed by atoms with E-state index < -0.39 is 5.78 Å². The number of benzene rings is 1. The summed E-state index contributed by atoms with van der Waals surface area (Å²) in [5, 5.41) is 17.7. The zero-order chi connectivity index (χ0) is 19.7. The number of hydrogen-bond acceptors (Lipinski definition) is 7. The summed E-state index contributed by atoms with van der Waals surface area (Å²) in [7, 11) is 0. The van der Waals surface area contributed by atoms with Gasteiger partial charge in [-0.05, 0) is 26.0 Å². The van der Waals surface area contributed by atoms with Crippen molar-refractivity contribution in [2.24, 2.45) is 0 Å². The minimum atomic E-state index is -0.440. The van der Waals surface area contributed by atoms with Crippen molar-refractivity contribution in [1.29, 1.82) is 5.26 Å². The lowest BCUT2D eigenvalue weighted by atomic mass is 10.1. The predicted octanol–water partition coefficient (Wildman–Crippen LogP) is 5.22. The molecule has 138 valence electrons. The Morgan fingerprint density at radius 2 is 2.07 bits per heavy atom. The zero-order valence-electron chi connectivity index (χ0n) is 14.3. The second-order valence-corrected chi connectivity index (χ2v) is 7.83. The topological polar surface area (TPSA) is 105 Å². The minimum Gasteiger partial charge on any atom is -0.396 e. The molecule has 0 atom stereocenters. The van der Waals surface area contributed by atoms with Gasteiger partial charge in [-0.25, -0.2) is 0 Å². The molecule has 3 rings (SSSR count). The summed E-state index contributed by atoms with van der Waals surface area (Å²) in [5.41, 5.74) is 7.49. The lowest BCUT2D eigenvalue weighted by Crippen LogP contribution is -2.09. The van der Waals surface area contributed by atoms with Gasteiger partial charge >= 0.3 is 0 Å². The third kappa shape index (κ3) is 3.78. The maximum atomic E-state index is 12.8. The summed E-state index contributed by atoms with van der Waals surface area (Å²) in [6.45, 7) is 3.86. The fourth-order valence-corrected chi connectivity index (χ4v) is 3.83. The molecule has 6 nitrogen and oxygen atoms in total. The molecule has 0 aliphatic carbocycles. The number of nitrogen functional groups attached to an aromatic ring is 1. The molecular formula is C18H14Cl2N4O2S. The van der Waals surface area contributed by atoms with Gasteiger partial charge in [0.05, 0.1) is 15.7 Å². The second-order valence-electron chi connectivity index (χ2n) is 5.99. The number of thiophene rings is 1. The molecule has 0 radical (unpaired) electrons. The van der Waals surface area contributed by atoms with E-state index in [2.05, 4.69) is 10.5 Å². The van der Waals surface area contributed by atoms with E-state index in [-0.39, 0.29) is 27.9 Å². The molecule has 27 heavy (non-hydrogen) atoms. The Morgan fingerprint density at radius 1 is 1.33 bits per heavy atom. The van der Waals surface area contributed by atoms with Crippen LogP contribution in [0.4, 0.5) is 10.7 Å². The van der Waals surface area contributed by atoms with Crippen LogP contribution in [0.5, 0.6) is 0 Å². The van der Waals surface area contributed by atoms with Crippen molar-refractivity contribution < 1.29 is 9.32 Å². The van der Waals surface area contributed by atoms with Crippen LogP contribution in [0.1, 0.15) is 34.8 Å². The SMILES string of the molecule is CC(C)Nc1sc(C(=O)c2cc(-c3ccc(Cl)c(Cl)c3)no2)c(N)c1C#N. The predicted molar refractivity (Wildman–Crippen MR) is 108 cm³/mol. The highest BCUT2D eigenvalue weighted by Gasteiger charge is 2.25. The normalized spacial score (nSPS) is 10.8. The van der Waals surface area contributed by atoms with Gasteiger partial charge in [0.2, 0.25) is 11.5 Å². The molecule has 0 spiro atoms. The van der Waals surface area contributed by atoms with Crippen LogP contribution in [0.15, 0.2) is 28.8 Å². The fourth-order valence-electron chi connectivity index (χ4n) is 2.37. The summed E-state index contributed by atoms with van der Waals surface area (Å²) < 4.78 is 5.20. The van der Waals surface area contributed by atoms with Crippen LogP contribution in [0.3, 0.4) is 0 Å². The first-order valence-corrected chi connectivity index (χ1v) is 9.44. The number of anilines is 2. The standard InChI is InChI=1S/C18H14Cl2N4O2S/c1-8(2)23-18-10(7-21)15(22)17(27-18)16(25)14-6-13(24-26-14)9-3-4-11(19)12(20)5-9/h3-6,8,23H,22H2,1-2H3. The number of nitriles is 1. The Bertz CT molecular complexity index is 1070. The van der Waals surface area contributed by atoms with Gasteiger partial charge in [0.25, 0.3) is 0 Å². The largest absolute Gasteiger partial charge is 0.396 e. The Kier molecular flexibility index (Phi) is 5.42. The molecule has 0 saturated heterocycles. The number of hydrogen-bond donors (Lipinski definition) is 2. The third-order valence-electron chi connectivity index (χ3n) is 3.63. The molecule has 0 bridgehead atoms. The molecule has 2 aromatic heterocycles. The quantitative estimate of drug-likeness (QED) is 0.548. The molecule has 0 fully saturated rings. The minimum absolute atomic E-state index is 0.0182. The average Bonchev–Trinajstić information content (AvgIpc) is 3.21. The van der Waals surface area contributed by atoms with E-state index in [1.807, 2.05) is 19.9 Å². The molecule has 3 aromatic rings. The van der Waals surface area contributed by atoms with Crippen LogP contribution < -0.4 is 11.1 Å². The van der Waals surface area contributed by atoms with Gasteiger partial charge < -0.3 is 15.6 Å². The van der Waals surface area contributed by atoms with E-state index >= 15 is 0 Å². The van der Waals surface area contributed by atoms with Crippen LogP contribution in [0, 0.1) is 11.3 Å². The lowest BCUT2D eigenvalue weighted by Gasteiger charge is -2.06. The highest BCUT2D eigenvalue weighted by atomic mass is 35.5. The van der Waals surface area contributed by atoms with Gasteiger partial charge in [0, 0.05) is 17.7 Å². The number of nitrogens with one attached hydrogen (secondary N) is 1. The van der Waals surface area contributed by atoms with E-state index in [4.69, 9.17) is 33.5 Å². The molecule has 0 saturated carbocycles. The molecular weight excluding hydrogens is 407 g/mol. The molecule has 0 unspecified atom stereocenters. The first kappa shape index (κ1) is 19.2. The molecule has 0 aliphatic rings. The van der Waals surface area contributed by atoms with E-state index in [1.54, 1.807) is 18.2 Å². The highest BCUT2D eigenvalue weighted by Crippen LogP contribution is 2.37. The van der Waals surface area contributed by atoms with E-state index in [0.717, 1.165) is 11.3 Å². The van der Waals surface area contributed by atoms with Crippen LogP contribution in [-0.2, 0) is 0 Å². The van der Waals surface area contributed by atoms with E-state index in [1.165, 1.54) is 6.07 Å². The number of halogens is 2. The number of aromatic nitrogens is 1. The van der Waals surface area contributed by atoms with Crippen molar-refractivity contribution in [3.05, 3.63) is 50.5 Å². The van der Waals surface area contributed by atoms with Crippen molar-refractivity contribution in [1.82, 2.24) is 5.16 Å². The summed E-state index contributed by atoms with van der Waals surface area (Å²) in [6, 6.07) is 8.61. The smallest absolute Gasteiger partial charge is 0.243 e. The van der Waals surface area contributed by atoms with Crippen molar-refractivity contribution in [3.8, 4) is 17.3 Å². The lowest BCUT2D eigenvalue weighted by molar-refractivity contribution is 0.100. The van der Waals surface area contributed by atoms with Gasteiger partial charge in [0.15, 0.2) is 0 Å². The maximum Gasteiger partial charge on any atom is 0.243 e. The second kappa shape index (κ2) is 7.61. The van der Waals surface area contributed by atoms with Gasteiger partial charge in [-0.2, -0.15) is 5.26 Å².